The summed E-state index contributed by atoms with van der Waals surface area (Å²) in [6.45, 7) is 0. The van der Waals surface area contributed by atoms with Gasteiger partial charge in [-0.1, -0.05) is 23.2 Å². The minimum Gasteiger partial charge on any atom is -0.453 e. The van der Waals surface area contributed by atoms with Gasteiger partial charge in [-0.2, -0.15) is 0 Å². The number of benzene rings is 1. The summed E-state index contributed by atoms with van der Waals surface area (Å²) in [5.74, 6) is -0.0592. The Labute approximate surface area is 118 Å². The lowest BCUT2D eigenvalue weighted by Crippen LogP contribution is -2.01. The molecular weight excluding hydrogens is 285 g/mol. The molecule has 3 aromatic rings. The number of carbonyl (C=O) groups is 1. The van der Waals surface area contributed by atoms with Crippen LogP contribution in [-0.2, 0) is 0 Å². The minimum absolute atomic E-state index is 0.229. The maximum absolute atomic E-state index is 12.2. The highest BCUT2D eigenvalue weighted by Gasteiger charge is 2.15. The molecule has 0 saturated heterocycles. The Morgan fingerprint density at radius 3 is 2.58 bits per heavy atom. The number of fused-ring (bicyclic) bond motifs is 1. The third-order valence-corrected chi connectivity index (χ3v) is 3.12. The molecule has 0 atom stereocenters. The van der Waals surface area contributed by atoms with Crippen LogP contribution < -0.4 is 0 Å². The molecule has 2 aromatic heterocycles. The predicted molar refractivity (Wildman–Crippen MR) is 73.9 cm³/mol. The van der Waals surface area contributed by atoms with Gasteiger partial charge in [-0.05, 0) is 36.4 Å². The van der Waals surface area contributed by atoms with Crippen molar-refractivity contribution in [1.82, 2.24) is 4.98 Å². The molecule has 0 unspecified atom stereocenters. The van der Waals surface area contributed by atoms with Crippen LogP contribution in [0.3, 0.4) is 0 Å². The molecule has 0 N–H and O–H groups in total. The number of furan rings is 1. The van der Waals surface area contributed by atoms with Crippen molar-refractivity contribution >= 4 is 40.0 Å². The van der Waals surface area contributed by atoms with Crippen LogP contribution in [0.25, 0.3) is 11.0 Å². The van der Waals surface area contributed by atoms with Crippen LogP contribution in [0.15, 0.2) is 47.0 Å². The second kappa shape index (κ2) is 4.68. The van der Waals surface area contributed by atoms with E-state index in [2.05, 4.69) is 4.98 Å². The Balaban J connectivity index is 2.04. The molecule has 1 aromatic carbocycles. The Hall–Kier alpha value is -1.84. The molecule has 0 radical (unpaired) electrons. The number of aromatic nitrogens is 1. The fourth-order valence-corrected chi connectivity index (χ4v) is 2.05. The third-order valence-electron chi connectivity index (χ3n) is 2.66. The van der Waals surface area contributed by atoms with E-state index in [1.54, 1.807) is 36.4 Å². The molecule has 0 amide bonds. The van der Waals surface area contributed by atoms with Crippen molar-refractivity contribution in [3.05, 3.63) is 64.1 Å². The monoisotopic (exact) mass is 291 g/mol. The van der Waals surface area contributed by atoms with E-state index in [0.29, 0.717) is 15.6 Å². The van der Waals surface area contributed by atoms with Crippen molar-refractivity contribution in [2.75, 3.05) is 0 Å². The number of ketones is 1. The summed E-state index contributed by atoms with van der Waals surface area (Å²) in [7, 11) is 0. The molecule has 3 nitrogen and oxygen atoms in total. The number of halogens is 2. The van der Waals surface area contributed by atoms with Crippen LogP contribution in [0.5, 0.6) is 0 Å². The lowest BCUT2D eigenvalue weighted by molar-refractivity contribution is 0.101. The zero-order chi connectivity index (χ0) is 13.4. The number of rotatable bonds is 2. The Morgan fingerprint density at radius 1 is 1.05 bits per heavy atom. The van der Waals surface area contributed by atoms with Crippen LogP contribution in [0.2, 0.25) is 10.0 Å². The Kier molecular flexibility index (Phi) is 3.01. The lowest BCUT2D eigenvalue weighted by atomic mass is 10.2. The zero-order valence-electron chi connectivity index (χ0n) is 9.56. The van der Waals surface area contributed by atoms with E-state index in [-0.39, 0.29) is 17.2 Å². The smallest absolute Gasteiger partial charge is 0.246 e. The van der Waals surface area contributed by atoms with Gasteiger partial charge in [0.15, 0.2) is 5.76 Å². The van der Waals surface area contributed by atoms with Crippen LogP contribution in [-0.4, -0.2) is 10.8 Å². The molecule has 5 heteroatoms. The zero-order valence-corrected chi connectivity index (χ0v) is 11.1. The van der Waals surface area contributed by atoms with Crippen molar-refractivity contribution in [3.63, 3.8) is 0 Å². The van der Waals surface area contributed by atoms with Gasteiger partial charge in [-0.25, -0.2) is 0 Å². The summed E-state index contributed by atoms with van der Waals surface area (Å²) in [6, 6.07) is 10.0. The van der Waals surface area contributed by atoms with Crippen LogP contribution in [0, 0.1) is 0 Å². The van der Waals surface area contributed by atoms with Crippen molar-refractivity contribution in [1.29, 1.82) is 0 Å². The molecule has 0 aliphatic rings. The molecule has 19 heavy (non-hydrogen) atoms. The van der Waals surface area contributed by atoms with Crippen molar-refractivity contribution in [2.24, 2.45) is 0 Å². The topological polar surface area (TPSA) is 43.1 Å². The summed E-state index contributed by atoms with van der Waals surface area (Å²) >= 11 is 11.6. The van der Waals surface area contributed by atoms with E-state index in [1.165, 1.54) is 6.20 Å². The molecule has 0 aliphatic heterocycles. The molecule has 3 rings (SSSR count). The molecule has 0 aliphatic carbocycles. The first-order chi connectivity index (χ1) is 9.13. The van der Waals surface area contributed by atoms with E-state index in [0.717, 1.165) is 5.39 Å². The second-order valence-corrected chi connectivity index (χ2v) is 4.86. The minimum atomic E-state index is -0.288. The molecular formula is C14H7Cl2NO2. The standard InChI is InChI=1S/C14H7Cl2NO2/c15-9-2-4-12-8(5-9)6-13(19-12)14(18)11-3-1-10(16)7-17-11/h1-7H. The normalized spacial score (nSPS) is 10.8. The average molecular weight is 292 g/mol. The van der Waals surface area contributed by atoms with Gasteiger partial charge in [-0.15, -0.1) is 0 Å². The van der Waals surface area contributed by atoms with Crippen molar-refractivity contribution < 1.29 is 9.21 Å². The molecule has 2 heterocycles. The quantitative estimate of drug-likeness (QED) is 0.659. The Morgan fingerprint density at radius 2 is 1.84 bits per heavy atom. The third kappa shape index (κ3) is 2.35. The van der Waals surface area contributed by atoms with Gasteiger partial charge in [0, 0.05) is 16.6 Å². The summed E-state index contributed by atoms with van der Waals surface area (Å²) < 4.78 is 5.49. The molecule has 0 bridgehead atoms. The van der Waals surface area contributed by atoms with Crippen molar-refractivity contribution in [2.45, 2.75) is 0 Å². The van der Waals surface area contributed by atoms with E-state index in [4.69, 9.17) is 27.6 Å². The molecule has 0 spiro atoms. The van der Waals surface area contributed by atoms with Gasteiger partial charge in [0.05, 0.1) is 5.02 Å². The van der Waals surface area contributed by atoms with Crippen LogP contribution in [0.1, 0.15) is 16.2 Å². The van der Waals surface area contributed by atoms with Gasteiger partial charge in [0.2, 0.25) is 5.78 Å². The summed E-state index contributed by atoms with van der Waals surface area (Å²) in [6.07, 6.45) is 1.42. The number of nitrogens with zero attached hydrogens (tertiary/aromatic N) is 1. The Bertz CT molecular complexity index is 763. The highest BCUT2D eigenvalue weighted by atomic mass is 35.5. The highest BCUT2D eigenvalue weighted by molar-refractivity contribution is 6.31. The first kappa shape index (κ1) is 12.2. The lowest BCUT2D eigenvalue weighted by Gasteiger charge is -1.96. The molecule has 0 saturated carbocycles. The first-order valence-electron chi connectivity index (χ1n) is 5.49. The average Bonchev–Trinajstić information content (AvgIpc) is 2.81. The van der Waals surface area contributed by atoms with Gasteiger partial charge >= 0.3 is 0 Å². The fourth-order valence-electron chi connectivity index (χ4n) is 1.76. The number of hydrogen-bond acceptors (Lipinski definition) is 3. The number of pyridine rings is 1. The fraction of sp³-hybridized carbons (Fsp3) is 0. The largest absolute Gasteiger partial charge is 0.453 e. The second-order valence-electron chi connectivity index (χ2n) is 3.98. The maximum atomic E-state index is 12.2. The van der Waals surface area contributed by atoms with Gasteiger partial charge in [-0.3, -0.25) is 9.78 Å². The highest BCUT2D eigenvalue weighted by Crippen LogP contribution is 2.24. The van der Waals surface area contributed by atoms with E-state index in [9.17, 15) is 4.79 Å². The van der Waals surface area contributed by atoms with Gasteiger partial charge < -0.3 is 4.42 Å². The summed E-state index contributed by atoms with van der Waals surface area (Å²) in [4.78, 5) is 16.2. The SMILES string of the molecule is O=C(c1ccc(Cl)cn1)c1cc2cc(Cl)ccc2o1. The van der Waals surface area contributed by atoms with Gasteiger partial charge in [0.25, 0.3) is 0 Å². The van der Waals surface area contributed by atoms with Crippen molar-refractivity contribution in [3.8, 4) is 0 Å². The molecule has 0 fully saturated rings. The molecule has 94 valence electrons. The first-order valence-corrected chi connectivity index (χ1v) is 6.24. The number of hydrogen-bond donors (Lipinski definition) is 0. The van der Waals surface area contributed by atoms with E-state index < -0.39 is 0 Å². The van der Waals surface area contributed by atoms with E-state index >= 15 is 0 Å². The van der Waals surface area contributed by atoms with Crippen LogP contribution >= 0.6 is 23.2 Å². The van der Waals surface area contributed by atoms with Crippen LogP contribution in [0.4, 0.5) is 0 Å². The predicted octanol–water partition coefficient (Wildman–Crippen LogP) is 4.37. The summed E-state index contributed by atoms with van der Waals surface area (Å²) in [5, 5.41) is 1.86. The van der Waals surface area contributed by atoms with Gasteiger partial charge in [0.1, 0.15) is 11.3 Å². The number of carbonyl (C=O) groups excluding carboxylic acids is 1. The van der Waals surface area contributed by atoms with E-state index in [1.807, 2.05) is 0 Å². The summed E-state index contributed by atoms with van der Waals surface area (Å²) in [5.41, 5.74) is 0.899. The maximum Gasteiger partial charge on any atom is 0.246 e.